The molecule has 0 aliphatic heterocycles. The van der Waals surface area contributed by atoms with E-state index in [1.165, 1.54) is 18.2 Å². The lowest BCUT2D eigenvalue weighted by atomic mass is 10.1. The van der Waals surface area contributed by atoms with Crippen molar-refractivity contribution in [1.82, 2.24) is 9.78 Å². The van der Waals surface area contributed by atoms with Crippen molar-refractivity contribution in [1.29, 1.82) is 0 Å². The van der Waals surface area contributed by atoms with Gasteiger partial charge in [-0.15, -0.1) is 0 Å². The van der Waals surface area contributed by atoms with Gasteiger partial charge in [-0.05, 0) is 30.7 Å². The first-order chi connectivity index (χ1) is 8.56. The van der Waals surface area contributed by atoms with E-state index < -0.39 is 0 Å². The molecule has 4 heteroatoms. The van der Waals surface area contributed by atoms with E-state index in [-0.39, 0.29) is 11.6 Å². The maximum absolute atomic E-state index is 12.9. The van der Waals surface area contributed by atoms with Crippen LogP contribution in [-0.2, 0) is 7.05 Å². The first-order valence-corrected chi connectivity index (χ1v) is 5.54. The fraction of sp³-hybridized carbons (Fsp3) is 0.143. The number of carbonyl (C=O) groups excluding carboxylic acids is 1. The molecule has 2 rings (SSSR count). The Morgan fingerprint density at radius 1 is 1.44 bits per heavy atom. The zero-order valence-electron chi connectivity index (χ0n) is 10.2. The molecular weight excluding hydrogens is 231 g/mol. The summed E-state index contributed by atoms with van der Waals surface area (Å²) in [6.07, 6.45) is 4.70. The smallest absolute Gasteiger partial charge is 0.189 e. The van der Waals surface area contributed by atoms with Gasteiger partial charge < -0.3 is 0 Å². The highest BCUT2D eigenvalue weighted by Gasteiger charge is 2.09. The fourth-order valence-corrected chi connectivity index (χ4v) is 1.71. The molecule has 0 unspecified atom stereocenters. The number of aryl methyl sites for hydroxylation is 2. The van der Waals surface area contributed by atoms with Gasteiger partial charge >= 0.3 is 0 Å². The van der Waals surface area contributed by atoms with Gasteiger partial charge in [0.2, 0.25) is 0 Å². The molecule has 0 N–H and O–H groups in total. The number of benzene rings is 1. The number of rotatable bonds is 3. The van der Waals surface area contributed by atoms with Crippen LogP contribution >= 0.6 is 0 Å². The average Bonchev–Trinajstić information content (AvgIpc) is 2.66. The first-order valence-electron chi connectivity index (χ1n) is 5.54. The van der Waals surface area contributed by atoms with E-state index in [2.05, 4.69) is 5.10 Å². The monoisotopic (exact) mass is 244 g/mol. The van der Waals surface area contributed by atoms with Crippen molar-refractivity contribution in [3.05, 3.63) is 59.2 Å². The van der Waals surface area contributed by atoms with Crippen molar-refractivity contribution in [2.45, 2.75) is 6.92 Å². The molecule has 0 spiro atoms. The highest BCUT2D eigenvalue weighted by molar-refractivity contribution is 6.07. The van der Waals surface area contributed by atoms with Crippen molar-refractivity contribution in [2.24, 2.45) is 7.05 Å². The Labute approximate surface area is 105 Å². The molecule has 0 aliphatic carbocycles. The number of carbonyl (C=O) groups is 1. The van der Waals surface area contributed by atoms with Crippen LogP contribution in [0.3, 0.4) is 0 Å². The van der Waals surface area contributed by atoms with Crippen LogP contribution in [0.25, 0.3) is 6.08 Å². The Balaban J connectivity index is 2.19. The molecule has 0 atom stereocenters. The summed E-state index contributed by atoms with van der Waals surface area (Å²) < 4.78 is 14.5. The quantitative estimate of drug-likeness (QED) is 0.614. The predicted octanol–water partition coefficient (Wildman–Crippen LogP) is 2.76. The number of hydrogen-bond donors (Lipinski definition) is 0. The molecule has 3 nitrogen and oxygen atoms in total. The Hall–Kier alpha value is -2.23. The van der Waals surface area contributed by atoms with Gasteiger partial charge in [0.05, 0.1) is 11.3 Å². The molecule has 18 heavy (non-hydrogen) atoms. The van der Waals surface area contributed by atoms with Crippen LogP contribution in [0.1, 0.15) is 21.6 Å². The molecule has 0 fully saturated rings. The second kappa shape index (κ2) is 4.96. The van der Waals surface area contributed by atoms with Gasteiger partial charge in [0, 0.05) is 13.2 Å². The topological polar surface area (TPSA) is 34.9 Å². The Kier molecular flexibility index (Phi) is 3.37. The third kappa shape index (κ3) is 2.71. The van der Waals surface area contributed by atoms with Gasteiger partial charge in [-0.3, -0.25) is 9.48 Å². The van der Waals surface area contributed by atoms with Crippen molar-refractivity contribution in [3.8, 4) is 0 Å². The third-order valence-corrected chi connectivity index (χ3v) is 2.55. The molecule has 0 bridgehead atoms. The van der Waals surface area contributed by atoms with Crippen molar-refractivity contribution in [2.75, 3.05) is 0 Å². The molecule has 92 valence electrons. The molecule has 1 aromatic heterocycles. The molecular formula is C14H13FN2O. The maximum Gasteiger partial charge on any atom is 0.189 e. The lowest BCUT2D eigenvalue weighted by Gasteiger charge is -1.94. The number of hydrogen-bond acceptors (Lipinski definition) is 2. The highest BCUT2D eigenvalue weighted by atomic mass is 19.1. The van der Waals surface area contributed by atoms with E-state index in [9.17, 15) is 9.18 Å². The van der Waals surface area contributed by atoms with E-state index in [4.69, 9.17) is 0 Å². The fourth-order valence-electron chi connectivity index (χ4n) is 1.71. The Morgan fingerprint density at radius 2 is 2.22 bits per heavy atom. The predicted molar refractivity (Wildman–Crippen MR) is 67.7 cm³/mol. The van der Waals surface area contributed by atoms with Crippen LogP contribution < -0.4 is 0 Å². The van der Waals surface area contributed by atoms with Crippen LogP contribution in [0, 0.1) is 12.7 Å². The molecule has 0 amide bonds. The summed E-state index contributed by atoms with van der Waals surface area (Å²) in [6.45, 7) is 1.78. The normalized spacial score (nSPS) is 11.1. The lowest BCUT2D eigenvalue weighted by molar-refractivity contribution is 0.104. The number of aromatic nitrogens is 2. The second-order valence-electron chi connectivity index (χ2n) is 4.05. The van der Waals surface area contributed by atoms with E-state index in [0.717, 1.165) is 0 Å². The van der Waals surface area contributed by atoms with E-state index in [0.29, 0.717) is 16.8 Å². The van der Waals surface area contributed by atoms with Crippen molar-refractivity contribution >= 4 is 11.9 Å². The molecule has 0 saturated carbocycles. The second-order valence-corrected chi connectivity index (χ2v) is 4.05. The number of halogens is 1. The summed E-state index contributed by atoms with van der Waals surface area (Å²) >= 11 is 0. The van der Waals surface area contributed by atoms with E-state index in [1.54, 1.807) is 43.1 Å². The summed E-state index contributed by atoms with van der Waals surface area (Å²) in [5.41, 5.74) is 1.90. The number of allylic oxidation sites excluding steroid dienone is 1. The minimum atomic E-state index is -0.317. The maximum atomic E-state index is 12.9. The molecule has 1 heterocycles. The van der Waals surface area contributed by atoms with Gasteiger partial charge in [-0.25, -0.2) is 4.39 Å². The molecule has 0 aliphatic rings. The van der Waals surface area contributed by atoms with Gasteiger partial charge in [-0.2, -0.15) is 5.10 Å². The zero-order valence-corrected chi connectivity index (χ0v) is 10.2. The minimum Gasteiger partial charge on any atom is -0.289 e. The summed E-state index contributed by atoms with van der Waals surface area (Å²) in [7, 11) is 1.76. The van der Waals surface area contributed by atoms with Crippen molar-refractivity contribution in [3.63, 3.8) is 0 Å². The third-order valence-electron chi connectivity index (χ3n) is 2.55. The minimum absolute atomic E-state index is 0.134. The lowest BCUT2D eigenvalue weighted by Crippen LogP contribution is -1.94. The number of ketones is 1. The van der Waals surface area contributed by atoms with E-state index in [1.807, 2.05) is 0 Å². The Morgan fingerprint density at radius 3 is 2.83 bits per heavy atom. The average molecular weight is 244 g/mol. The summed E-state index contributed by atoms with van der Waals surface area (Å²) in [4.78, 5) is 11.9. The highest BCUT2D eigenvalue weighted by Crippen LogP contribution is 2.09. The van der Waals surface area contributed by atoms with Gasteiger partial charge in [0.15, 0.2) is 5.78 Å². The van der Waals surface area contributed by atoms with Gasteiger partial charge in [0.25, 0.3) is 0 Å². The molecule has 2 aromatic rings. The van der Waals surface area contributed by atoms with Gasteiger partial charge in [0.1, 0.15) is 5.82 Å². The first kappa shape index (κ1) is 12.2. The van der Waals surface area contributed by atoms with Gasteiger partial charge in [-0.1, -0.05) is 18.2 Å². The van der Waals surface area contributed by atoms with Crippen LogP contribution in [-0.4, -0.2) is 15.6 Å². The SMILES string of the molecule is Cc1nn(C)cc1C(=O)C=Cc1cccc(F)c1. The standard InChI is InChI=1S/C14H13FN2O/c1-10-13(9-17(2)16-10)14(18)7-6-11-4-3-5-12(15)8-11/h3-9H,1-2H3. The molecule has 1 aromatic carbocycles. The van der Waals surface area contributed by atoms with Crippen LogP contribution in [0.4, 0.5) is 4.39 Å². The zero-order chi connectivity index (χ0) is 13.1. The van der Waals surface area contributed by atoms with E-state index >= 15 is 0 Å². The van der Waals surface area contributed by atoms with Crippen LogP contribution in [0.5, 0.6) is 0 Å². The molecule has 0 saturated heterocycles. The summed E-state index contributed by atoms with van der Waals surface area (Å²) in [5, 5.41) is 4.10. The summed E-state index contributed by atoms with van der Waals surface area (Å²) in [6, 6.07) is 6.09. The van der Waals surface area contributed by atoms with Crippen molar-refractivity contribution < 1.29 is 9.18 Å². The molecule has 0 radical (unpaired) electrons. The Bertz CT molecular complexity index is 614. The number of nitrogens with zero attached hydrogens (tertiary/aromatic N) is 2. The van der Waals surface area contributed by atoms with Crippen LogP contribution in [0.15, 0.2) is 36.5 Å². The van der Waals surface area contributed by atoms with Crippen LogP contribution in [0.2, 0.25) is 0 Å². The summed E-state index contributed by atoms with van der Waals surface area (Å²) in [5.74, 6) is -0.452. The largest absolute Gasteiger partial charge is 0.289 e.